The van der Waals surface area contributed by atoms with Crippen molar-refractivity contribution in [3.63, 3.8) is 0 Å². The molecule has 2 rings (SSSR count). The van der Waals surface area contributed by atoms with Crippen molar-refractivity contribution in [3.8, 4) is 5.75 Å². The number of allylic oxidation sites excluding steroid dienone is 1. The monoisotopic (exact) mass is 340 g/mol. The van der Waals surface area contributed by atoms with Gasteiger partial charge in [-0.3, -0.25) is 0 Å². The summed E-state index contributed by atoms with van der Waals surface area (Å²) in [5, 5.41) is 0. The van der Waals surface area contributed by atoms with Gasteiger partial charge in [0.15, 0.2) is 0 Å². The minimum absolute atomic E-state index is 0.147. The zero-order valence-electron chi connectivity index (χ0n) is 14.5. The molecule has 0 unspecified atom stereocenters. The Balaban J connectivity index is 1.90. The molecule has 0 N–H and O–H groups in total. The van der Waals surface area contributed by atoms with Crippen molar-refractivity contribution in [1.82, 2.24) is 0 Å². The zero-order chi connectivity index (χ0) is 17.6. The van der Waals surface area contributed by atoms with E-state index in [1.807, 2.05) is 6.92 Å². The molecule has 0 atom stereocenters. The van der Waals surface area contributed by atoms with Crippen LogP contribution in [0, 0.1) is 17.7 Å². The highest BCUT2D eigenvalue weighted by atomic mass is 19.3. The first kappa shape index (κ1) is 18.9. The fraction of sp³-hybridized carbons (Fsp3) is 0.600. The van der Waals surface area contributed by atoms with Gasteiger partial charge < -0.3 is 4.74 Å². The molecule has 24 heavy (non-hydrogen) atoms. The summed E-state index contributed by atoms with van der Waals surface area (Å²) in [6.45, 7) is 3.99. The van der Waals surface area contributed by atoms with Crippen molar-refractivity contribution < 1.29 is 17.9 Å². The first-order chi connectivity index (χ1) is 11.4. The lowest BCUT2D eigenvalue weighted by molar-refractivity contribution is -0.132. The Hall–Kier alpha value is -1.45. The standard InChI is InChI=1S/C20H27F3O/c1-3-5-15-6-8-16(9-7-15)12-13-20(22,23)24-18-11-10-17(4-2)19(21)14-18/h10-16H,3-9H2,1-2H3/b13-12+. The van der Waals surface area contributed by atoms with Crippen LogP contribution in [-0.4, -0.2) is 6.11 Å². The number of alkyl halides is 2. The van der Waals surface area contributed by atoms with Crippen LogP contribution in [0.4, 0.5) is 13.2 Å². The predicted octanol–water partition coefficient (Wildman–Crippen LogP) is 6.52. The van der Waals surface area contributed by atoms with Crippen molar-refractivity contribution in [2.75, 3.05) is 0 Å². The fourth-order valence-electron chi connectivity index (χ4n) is 3.40. The van der Waals surface area contributed by atoms with Gasteiger partial charge in [0.1, 0.15) is 11.6 Å². The molecule has 0 aliphatic heterocycles. The van der Waals surface area contributed by atoms with Crippen LogP contribution in [-0.2, 0) is 6.42 Å². The number of aryl methyl sites for hydroxylation is 1. The van der Waals surface area contributed by atoms with Crippen LogP contribution >= 0.6 is 0 Å². The maximum atomic E-state index is 13.9. The van der Waals surface area contributed by atoms with Gasteiger partial charge in [-0.05, 0) is 55.6 Å². The molecule has 134 valence electrons. The van der Waals surface area contributed by atoms with E-state index in [0.717, 1.165) is 43.7 Å². The molecule has 0 aromatic heterocycles. The van der Waals surface area contributed by atoms with E-state index >= 15 is 0 Å². The Morgan fingerprint density at radius 2 is 1.88 bits per heavy atom. The quantitative estimate of drug-likeness (QED) is 0.513. The molecule has 0 heterocycles. The molecule has 0 radical (unpaired) electrons. The first-order valence-electron chi connectivity index (χ1n) is 8.98. The lowest BCUT2D eigenvalue weighted by Crippen LogP contribution is -2.22. The van der Waals surface area contributed by atoms with Crippen LogP contribution in [0.1, 0.15) is 57.9 Å². The van der Waals surface area contributed by atoms with Gasteiger partial charge in [-0.25, -0.2) is 4.39 Å². The number of hydrogen-bond acceptors (Lipinski definition) is 1. The van der Waals surface area contributed by atoms with Crippen molar-refractivity contribution in [1.29, 1.82) is 0 Å². The minimum Gasteiger partial charge on any atom is -0.429 e. The van der Waals surface area contributed by atoms with Gasteiger partial charge in [-0.15, -0.1) is 0 Å². The average Bonchev–Trinajstić information content (AvgIpc) is 2.54. The van der Waals surface area contributed by atoms with Gasteiger partial charge in [0, 0.05) is 12.1 Å². The minimum atomic E-state index is -3.42. The Morgan fingerprint density at radius 3 is 2.46 bits per heavy atom. The Kier molecular flexibility index (Phi) is 6.76. The second-order valence-electron chi connectivity index (χ2n) is 6.70. The molecule has 1 aromatic rings. The molecule has 1 aromatic carbocycles. The molecule has 1 nitrogen and oxygen atoms in total. The molecule has 0 saturated heterocycles. The third-order valence-electron chi connectivity index (χ3n) is 4.81. The smallest absolute Gasteiger partial charge is 0.419 e. The highest BCUT2D eigenvalue weighted by molar-refractivity contribution is 5.29. The summed E-state index contributed by atoms with van der Waals surface area (Å²) in [6.07, 6.45) is 6.04. The van der Waals surface area contributed by atoms with Gasteiger partial charge in [-0.2, -0.15) is 8.78 Å². The van der Waals surface area contributed by atoms with E-state index in [-0.39, 0.29) is 11.7 Å². The van der Waals surface area contributed by atoms with Gasteiger partial charge >= 0.3 is 6.11 Å². The maximum Gasteiger partial charge on any atom is 0.419 e. The number of benzene rings is 1. The van der Waals surface area contributed by atoms with E-state index in [2.05, 4.69) is 11.7 Å². The van der Waals surface area contributed by atoms with Crippen LogP contribution in [0.25, 0.3) is 0 Å². The van der Waals surface area contributed by atoms with Crippen molar-refractivity contribution in [2.24, 2.45) is 11.8 Å². The predicted molar refractivity (Wildman–Crippen MR) is 90.8 cm³/mol. The SMILES string of the molecule is CCCC1CCC(/C=C/C(F)(F)Oc2ccc(CC)c(F)c2)CC1. The molecule has 1 aliphatic rings. The molecular formula is C20H27F3O. The van der Waals surface area contributed by atoms with Crippen LogP contribution in [0.5, 0.6) is 5.75 Å². The Morgan fingerprint density at radius 1 is 1.17 bits per heavy atom. The Bertz CT molecular complexity index is 546. The lowest BCUT2D eigenvalue weighted by atomic mass is 9.80. The van der Waals surface area contributed by atoms with Gasteiger partial charge in [0.2, 0.25) is 0 Å². The largest absolute Gasteiger partial charge is 0.429 e. The van der Waals surface area contributed by atoms with E-state index in [9.17, 15) is 13.2 Å². The van der Waals surface area contributed by atoms with Crippen LogP contribution in [0.15, 0.2) is 30.4 Å². The molecular weight excluding hydrogens is 313 g/mol. The van der Waals surface area contributed by atoms with Crippen molar-refractivity contribution in [3.05, 3.63) is 41.7 Å². The summed E-state index contributed by atoms with van der Waals surface area (Å²) >= 11 is 0. The van der Waals surface area contributed by atoms with Crippen molar-refractivity contribution in [2.45, 2.75) is 64.9 Å². The number of ether oxygens (including phenoxy) is 1. The molecule has 4 heteroatoms. The van der Waals surface area contributed by atoms with Crippen LogP contribution < -0.4 is 4.74 Å². The summed E-state index contributed by atoms with van der Waals surface area (Å²) in [5.74, 6) is 0.276. The maximum absolute atomic E-state index is 13.9. The number of rotatable bonds is 7. The van der Waals surface area contributed by atoms with E-state index in [0.29, 0.717) is 12.0 Å². The van der Waals surface area contributed by atoms with Gasteiger partial charge in [0.05, 0.1) is 0 Å². The molecule has 0 spiro atoms. The van der Waals surface area contributed by atoms with Gasteiger partial charge in [-0.1, -0.05) is 38.8 Å². The first-order valence-corrected chi connectivity index (χ1v) is 8.98. The average molecular weight is 340 g/mol. The molecule has 1 saturated carbocycles. The van der Waals surface area contributed by atoms with Gasteiger partial charge in [0.25, 0.3) is 0 Å². The third-order valence-corrected chi connectivity index (χ3v) is 4.81. The molecule has 1 fully saturated rings. The second kappa shape index (κ2) is 8.59. The lowest BCUT2D eigenvalue weighted by Gasteiger charge is -2.26. The Labute approximate surface area is 142 Å². The summed E-state index contributed by atoms with van der Waals surface area (Å²) in [5.41, 5.74) is 0.491. The normalized spacial score (nSPS) is 22.0. The highest BCUT2D eigenvalue weighted by Gasteiger charge is 2.29. The number of halogens is 3. The van der Waals surface area contributed by atoms with E-state index in [4.69, 9.17) is 0 Å². The van der Waals surface area contributed by atoms with E-state index < -0.39 is 11.9 Å². The zero-order valence-corrected chi connectivity index (χ0v) is 14.5. The van der Waals surface area contributed by atoms with Crippen molar-refractivity contribution >= 4 is 0 Å². The summed E-state index contributed by atoms with van der Waals surface area (Å²) in [6, 6.07) is 3.90. The van der Waals surface area contributed by atoms with Crippen LogP contribution in [0.2, 0.25) is 0 Å². The van der Waals surface area contributed by atoms with E-state index in [1.165, 1.54) is 25.0 Å². The second-order valence-corrected chi connectivity index (χ2v) is 6.70. The topological polar surface area (TPSA) is 9.23 Å². The van der Waals surface area contributed by atoms with E-state index in [1.54, 1.807) is 6.08 Å². The summed E-state index contributed by atoms with van der Waals surface area (Å²) in [4.78, 5) is 0. The highest BCUT2D eigenvalue weighted by Crippen LogP contribution is 2.33. The summed E-state index contributed by atoms with van der Waals surface area (Å²) < 4.78 is 46.2. The number of hydrogen-bond donors (Lipinski definition) is 0. The molecule has 1 aliphatic carbocycles. The summed E-state index contributed by atoms with van der Waals surface area (Å²) in [7, 11) is 0. The third kappa shape index (κ3) is 5.57. The molecule has 0 bridgehead atoms. The van der Waals surface area contributed by atoms with Crippen LogP contribution in [0.3, 0.4) is 0 Å². The molecule has 0 amide bonds. The fourth-order valence-corrected chi connectivity index (χ4v) is 3.40.